The second kappa shape index (κ2) is 8.53. The zero-order valence-corrected chi connectivity index (χ0v) is 14.1. The van der Waals surface area contributed by atoms with Gasteiger partial charge in [0.15, 0.2) is 0 Å². The van der Waals surface area contributed by atoms with E-state index in [4.69, 9.17) is 16.3 Å². The summed E-state index contributed by atoms with van der Waals surface area (Å²) in [5.41, 5.74) is 1.21. The van der Waals surface area contributed by atoms with Crippen molar-refractivity contribution in [2.24, 2.45) is 11.8 Å². The third kappa shape index (κ3) is 4.99. The lowest BCUT2D eigenvalue weighted by Gasteiger charge is -2.26. The first-order chi connectivity index (χ1) is 9.49. The molecule has 0 aliphatic carbocycles. The van der Waals surface area contributed by atoms with Crippen LogP contribution in [0, 0.1) is 11.8 Å². The molecule has 0 saturated carbocycles. The van der Waals surface area contributed by atoms with E-state index in [0.717, 1.165) is 30.3 Å². The van der Waals surface area contributed by atoms with E-state index in [1.54, 1.807) is 7.11 Å². The molecule has 0 radical (unpaired) electrons. The standard InChI is InChI=1S/C17H28ClNO/c1-6-13(4)16(11-19-10-12(2)3)15-9-14(18)7-8-17(15)20-5/h7-9,12-13,16,19H,6,10-11H2,1-5H3. The van der Waals surface area contributed by atoms with Crippen LogP contribution in [0.3, 0.4) is 0 Å². The van der Waals surface area contributed by atoms with Gasteiger partial charge in [0.1, 0.15) is 5.75 Å². The Hall–Kier alpha value is -0.730. The van der Waals surface area contributed by atoms with Gasteiger partial charge in [0.25, 0.3) is 0 Å². The topological polar surface area (TPSA) is 21.3 Å². The van der Waals surface area contributed by atoms with Crippen molar-refractivity contribution >= 4 is 11.6 Å². The molecule has 0 bridgehead atoms. The normalized spacial score (nSPS) is 14.3. The fourth-order valence-electron chi connectivity index (χ4n) is 2.42. The van der Waals surface area contributed by atoms with Crippen LogP contribution in [-0.4, -0.2) is 20.2 Å². The Morgan fingerprint density at radius 1 is 1.20 bits per heavy atom. The molecule has 0 spiro atoms. The molecule has 2 unspecified atom stereocenters. The van der Waals surface area contributed by atoms with E-state index in [1.165, 1.54) is 5.56 Å². The Morgan fingerprint density at radius 3 is 2.45 bits per heavy atom. The Labute approximate surface area is 128 Å². The van der Waals surface area contributed by atoms with Gasteiger partial charge in [-0.05, 0) is 36.6 Å². The fraction of sp³-hybridized carbons (Fsp3) is 0.647. The molecule has 20 heavy (non-hydrogen) atoms. The summed E-state index contributed by atoms with van der Waals surface area (Å²) >= 11 is 6.17. The lowest BCUT2D eigenvalue weighted by Crippen LogP contribution is -2.28. The number of nitrogens with one attached hydrogen (secondary N) is 1. The number of methoxy groups -OCH3 is 1. The van der Waals surface area contributed by atoms with E-state index >= 15 is 0 Å². The number of rotatable bonds is 8. The van der Waals surface area contributed by atoms with Crippen LogP contribution >= 0.6 is 11.6 Å². The van der Waals surface area contributed by atoms with Gasteiger partial charge in [0, 0.05) is 23.0 Å². The highest BCUT2D eigenvalue weighted by molar-refractivity contribution is 6.30. The molecule has 1 aromatic carbocycles. The van der Waals surface area contributed by atoms with Gasteiger partial charge in [-0.25, -0.2) is 0 Å². The highest BCUT2D eigenvalue weighted by atomic mass is 35.5. The number of halogens is 1. The van der Waals surface area contributed by atoms with Crippen molar-refractivity contribution in [1.82, 2.24) is 5.32 Å². The molecule has 1 aromatic rings. The number of benzene rings is 1. The fourth-order valence-corrected chi connectivity index (χ4v) is 2.61. The molecular formula is C17H28ClNO. The first-order valence-electron chi connectivity index (χ1n) is 7.53. The minimum Gasteiger partial charge on any atom is -0.496 e. The molecule has 0 aliphatic rings. The summed E-state index contributed by atoms with van der Waals surface area (Å²) in [6.07, 6.45) is 1.14. The summed E-state index contributed by atoms with van der Waals surface area (Å²) < 4.78 is 5.52. The van der Waals surface area contributed by atoms with Crippen molar-refractivity contribution in [3.05, 3.63) is 28.8 Å². The molecule has 0 amide bonds. The van der Waals surface area contributed by atoms with Gasteiger partial charge < -0.3 is 10.1 Å². The van der Waals surface area contributed by atoms with Crippen LogP contribution < -0.4 is 10.1 Å². The van der Waals surface area contributed by atoms with Crippen LogP contribution in [0.15, 0.2) is 18.2 Å². The predicted octanol–water partition coefficient (Wildman–Crippen LogP) is 4.72. The van der Waals surface area contributed by atoms with Gasteiger partial charge in [-0.2, -0.15) is 0 Å². The van der Waals surface area contributed by atoms with Crippen molar-refractivity contribution < 1.29 is 4.74 Å². The van der Waals surface area contributed by atoms with Crippen molar-refractivity contribution in [3.63, 3.8) is 0 Å². The molecule has 0 aliphatic heterocycles. The monoisotopic (exact) mass is 297 g/mol. The Balaban J connectivity index is 2.94. The van der Waals surface area contributed by atoms with E-state index in [-0.39, 0.29) is 0 Å². The molecular weight excluding hydrogens is 270 g/mol. The van der Waals surface area contributed by atoms with Gasteiger partial charge in [-0.15, -0.1) is 0 Å². The molecule has 0 fully saturated rings. The third-order valence-electron chi connectivity index (χ3n) is 3.84. The number of ether oxygens (including phenoxy) is 1. The summed E-state index contributed by atoms with van der Waals surface area (Å²) in [6.45, 7) is 11.0. The van der Waals surface area contributed by atoms with Crippen LogP contribution in [0.2, 0.25) is 5.02 Å². The second-order valence-corrected chi connectivity index (χ2v) is 6.37. The van der Waals surface area contributed by atoms with Crippen LogP contribution in [-0.2, 0) is 0 Å². The lowest BCUT2D eigenvalue weighted by molar-refractivity contribution is 0.373. The summed E-state index contributed by atoms with van der Waals surface area (Å²) in [5, 5.41) is 4.35. The minimum atomic E-state index is 0.424. The predicted molar refractivity (Wildman–Crippen MR) is 87.9 cm³/mol. The van der Waals surface area contributed by atoms with E-state index in [1.807, 2.05) is 18.2 Å². The van der Waals surface area contributed by atoms with Crippen molar-refractivity contribution in [1.29, 1.82) is 0 Å². The summed E-state index contributed by atoms with van der Waals surface area (Å²) in [7, 11) is 1.72. The second-order valence-electron chi connectivity index (χ2n) is 5.93. The van der Waals surface area contributed by atoms with E-state index in [2.05, 4.69) is 33.0 Å². The highest BCUT2D eigenvalue weighted by Crippen LogP contribution is 2.35. The molecule has 1 rings (SSSR count). The molecule has 3 heteroatoms. The lowest BCUT2D eigenvalue weighted by atomic mass is 9.85. The van der Waals surface area contributed by atoms with Gasteiger partial charge in [-0.3, -0.25) is 0 Å². The Morgan fingerprint density at radius 2 is 1.90 bits per heavy atom. The van der Waals surface area contributed by atoms with Crippen LogP contribution in [0.25, 0.3) is 0 Å². The average Bonchev–Trinajstić information content (AvgIpc) is 2.42. The number of hydrogen-bond acceptors (Lipinski definition) is 2. The molecule has 114 valence electrons. The smallest absolute Gasteiger partial charge is 0.122 e. The summed E-state index contributed by atoms with van der Waals surface area (Å²) in [6, 6.07) is 5.91. The SMILES string of the molecule is CCC(C)C(CNCC(C)C)c1cc(Cl)ccc1OC. The first kappa shape index (κ1) is 17.3. The Bertz CT molecular complexity index is 406. The van der Waals surface area contributed by atoms with E-state index in [0.29, 0.717) is 17.8 Å². The van der Waals surface area contributed by atoms with E-state index in [9.17, 15) is 0 Å². The van der Waals surface area contributed by atoms with Crippen LogP contribution in [0.4, 0.5) is 0 Å². The maximum atomic E-state index is 6.17. The quantitative estimate of drug-likeness (QED) is 0.749. The zero-order chi connectivity index (χ0) is 15.1. The van der Waals surface area contributed by atoms with Crippen molar-refractivity contribution in [2.45, 2.75) is 40.0 Å². The highest BCUT2D eigenvalue weighted by Gasteiger charge is 2.21. The zero-order valence-electron chi connectivity index (χ0n) is 13.4. The molecule has 1 N–H and O–H groups in total. The van der Waals surface area contributed by atoms with Crippen molar-refractivity contribution in [3.8, 4) is 5.75 Å². The van der Waals surface area contributed by atoms with Gasteiger partial charge in [0.05, 0.1) is 7.11 Å². The van der Waals surface area contributed by atoms with Crippen LogP contribution in [0.1, 0.15) is 45.6 Å². The van der Waals surface area contributed by atoms with Gasteiger partial charge >= 0.3 is 0 Å². The summed E-state index contributed by atoms with van der Waals surface area (Å²) in [4.78, 5) is 0. The average molecular weight is 298 g/mol. The Kier molecular flexibility index (Phi) is 7.39. The van der Waals surface area contributed by atoms with Gasteiger partial charge in [0.2, 0.25) is 0 Å². The minimum absolute atomic E-state index is 0.424. The van der Waals surface area contributed by atoms with Crippen LogP contribution in [0.5, 0.6) is 5.75 Å². The van der Waals surface area contributed by atoms with Crippen molar-refractivity contribution in [2.75, 3.05) is 20.2 Å². The summed E-state index contributed by atoms with van der Waals surface area (Å²) in [5.74, 6) is 2.61. The maximum Gasteiger partial charge on any atom is 0.122 e. The first-order valence-corrected chi connectivity index (χ1v) is 7.91. The molecule has 2 atom stereocenters. The van der Waals surface area contributed by atoms with E-state index < -0.39 is 0 Å². The third-order valence-corrected chi connectivity index (χ3v) is 4.07. The maximum absolute atomic E-state index is 6.17. The molecule has 2 nitrogen and oxygen atoms in total. The molecule has 0 saturated heterocycles. The number of hydrogen-bond donors (Lipinski definition) is 1. The largest absolute Gasteiger partial charge is 0.496 e. The molecule has 0 aromatic heterocycles. The molecule has 0 heterocycles. The van der Waals surface area contributed by atoms with Gasteiger partial charge in [-0.1, -0.05) is 45.7 Å².